The number of carbonyl (C=O) groups excluding carboxylic acids is 1. The number of nitrogens with zero attached hydrogens (tertiary/aromatic N) is 1. The molecular formula is C15H16N2O2. The Balaban J connectivity index is 2.43. The highest BCUT2D eigenvalue weighted by atomic mass is 16.5. The molecule has 0 saturated carbocycles. The normalized spacial score (nSPS) is 10.2. The van der Waals surface area contributed by atoms with Gasteiger partial charge in [-0.05, 0) is 36.2 Å². The van der Waals surface area contributed by atoms with Crippen molar-refractivity contribution in [1.82, 2.24) is 4.98 Å². The molecule has 0 aliphatic heterocycles. The van der Waals surface area contributed by atoms with Gasteiger partial charge in [0.05, 0.1) is 18.4 Å². The number of nitrogens with two attached hydrogens (primary N) is 1. The van der Waals surface area contributed by atoms with Crippen LogP contribution in [0.3, 0.4) is 0 Å². The molecule has 0 bridgehead atoms. The molecule has 4 nitrogen and oxygen atoms in total. The molecule has 1 aromatic heterocycles. The lowest BCUT2D eigenvalue weighted by Crippen LogP contribution is -2.02. The van der Waals surface area contributed by atoms with Crippen LogP contribution in [-0.2, 0) is 11.2 Å². The van der Waals surface area contributed by atoms with E-state index in [1.165, 1.54) is 12.7 Å². The summed E-state index contributed by atoms with van der Waals surface area (Å²) in [6.45, 7) is 2.08. The Hall–Kier alpha value is -2.36. The van der Waals surface area contributed by atoms with Crippen LogP contribution in [-0.4, -0.2) is 18.1 Å². The molecule has 0 atom stereocenters. The number of nitrogen functional groups attached to an aromatic ring is 1. The lowest BCUT2D eigenvalue weighted by molar-refractivity contribution is 0.0601. The van der Waals surface area contributed by atoms with E-state index in [2.05, 4.69) is 11.9 Å². The van der Waals surface area contributed by atoms with E-state index in [1.807, 2.05) is 18.3 Å². The smallest absolute Gasteiger partial charge is 0.337 e. The summed E-state index contributed by atoms with van der Waals surface area (Å²) in [7, 11) is 1.35. The van der Waals surface area contributed by atoms with Gasteiger partial charge in [0.1, 0.15) is 0 Å². The maximum Gasteiger partial charge on any atom is 0.337 e. The number of benzene rings is 1. The number of esters is 1. The highest BCUT2D eigenvalue weighted by Gasteiger charge is 2.09. The molecule has 2 rings (SSSR count). The molecule has 1 heterocycles. The molecule has 98 valence electrons. The van der Waals surface area contributed by atoms with Gasteiger partial charge in [0.25, 0.3) is 0 Å². The van der Waals surface area contributed by atoms with E-state index in [9.17, 15) is 4.79 Å². The first-order valence-electron chi connectivity index (χ1n) is 6.08. The first-order chi connectivity index (χ1) is 9.13. The van der Waals surface area contributed by atoms with E-state index in [0.29, 0.717) is 11.3 Å². The lowest BCUT2D eigenvalue weighted by atomic mass is 10.1. The number of hydrogen-bond donors (Lipinski definition) is 1. The van der Waals surface area contributed by atoms with Gasteiger partial charge in [0.15, 0.2) is 0 Å². The van der Waals surface area contributed by atoms with Crippen LogP contribution in [0.25, 0.3) is 11.3 Å². The summed E-state index contributed by atoms with van der Waals surface area (Å²) in [6, 6.07) is 9.06. The number of hydrogen-bond acceptors (Lipinski definition) is 4. The molecule has 1 aromatic carbocycles. The third-order valence-corrected chi connectivity index (χ3v) is 2.91. The second kappa shape index (κ2) is 5.52. The number of methoxy groups -OCH3 is 1. The van der Waals surface area contributed by atoms with Crippen LogP contribution in [0.5, 0.6) is 0 Å². The third kappa shape index (κ3) is 2.91. The molecule has 0 fully saturated rings. The molecule has 0 radical (unpaired) electrons. The monoisotopic (exact) mass is 256 g/mol. The van der Waals surface area contributed by atoms with Crippen LogP contribution in [0.4, 0.5) is 5.69 Å². The Morgan fingerprint density at radius 1 is 1.32 bits per heavy atom. The summed E-state index contributed by atoms with van der Waals surface area (Å²) >= 11 is 0. The van der Waals surface area contributed by atoms with Crippen LogP contribution >= 0.6 is 0 Å². The van der Waals surface area contributed by atoms with Gasteiger partial charge in [-0.25, -0.2) is 4.79 Å². The molecule has 2 N–H and O–H groups in total. The van der Waals surface area contributed by atoms with Crippen LogP contribution < -0.4 is 5.73 Å². The summed E-state index contributed by atoms with van der Waals surface area (Å²) < 4.78 is 4.70. The standard InChI is InChI=1S/C15H16N2O2/c1-3-10-4-5-14(17-9-10)11-6-12(15(18)19-2)8-13(16)7-11/h4-9H,3,16H2,1-2H3. The van der Waals surface area contributed by atoms with Crippen molar-refractivity contribution >= 4 is 11.7 Å². The molecule has 0 unspecified atom stereocenters. The highest BCUT2D eigenvalue weighted by Crippen LogP contribution is 2.22. The summed E-state index contributed by atoms with van der Waals surface area (Å²) in [5.41, 5.74) is 9.52. The maximum absolute atomic E-state index is 11.6. The van der Waals surface area contributed by atoms with E-state index >= 15 is 0 Å². The second-order valence-electron chi connectivity index (χ2n) is 4.24. The topological polar surface area (TPSA) is 65.2 Å². The number of ether oxygens (including phenoxy) is 1. The van der Waals surface area contributed by atoms with E-state index < -0.39 is 5.97 Å². The first-order valence-corrected chi connectivity index (χ1v) is 6.08. The quantitative estimate of drug-likeness (QED) is 0.677. The maximum atomic E-state index is 11.6. The fourth-order valence-corrected chi connectivity index (χ4v) is 1.84. The van der Waals surface area contributed by atoms with E-state index in [0.717, 1.165) is 17.7 Å². The van der Waals surface area contributed by atoms with Crippen molar-refractivity contribution in [1.29, 1.82) is 0 Å². The predicted octanol–water partition coefficient (Wildman–Crippen LogP) is 2.68. The average molecular weight is 256 g/mol. The van der Waals surface area contributed by atoms with Crippen molar-refractivity contribution in [3.63, 3.8) is 0 Å². The molecule has 0 spiro atoms. The minimum atomic E-state index is -0.404. The van der Waals surface area contributed by atoms with Crippen LogP contribution in [0.1, 0.15) is 22.8 Å². The van der Waals surface area contributed by atoms with Crippen molar-refractivity contribution in [2.75, 3.05) is 12.8 Å². The zero-order valence-electron chi connectivity index (χ0n) is 11.0. The van der Waals surface area contributed by atoms with Gasteiger partial charge in [-0.15, -0.1) is 0 Å². The average Bonchev–Trinajstić information content (AvgIpc) is 2.45. The van der Waals surface area contributed by atoms with E-state index in [4.69, 9.17) is 10.5 Å². The Labute approximate surface area is 112 Å². The molecule has 19 heavy (non-hydrogen) atoms. The van der Waals surface area contributed by atoms with Crippen LogP contribution in [0.15, 0.2) is 36.5 Å². The molecule has 4 heteroatoms. The van der Waals surface area contributed by atoms with Gasteiger partial charge in [-0.2, -0.15) is 0 Å². The minimum Gasteiger partial charge on any atom is -0.465 e. The van der Waals surface area contributed by atoms with Gasteiger partial charge < -0.3 is 10.5 Å². The van der Waals surface area contributed by atoms with E-state index in [-0.39, 0.29) is 0 Å². The summed E-state index contributed by atoms with van der Waals surface area (Å²) in [4.78, 5) is 15.9. The summed E-state index contributed by atoms with van der Waals surface area (Å²) in [5, 5.41) is 0. The zero-order valence-corrected chi connectivity index (χ0v) is 11.0. The number of carbonyl (C=O) groups is 1. The molecular weight excluding hydrogens is 240 g/mol. The Bertz CT molecular complexity index is 592. The zero-order chi connectivity index (χ0) is 13.8. The SMILES string of the molecule is CCc1ccc(-c2cc(N)cc(C(=O)OC)c2)nc1. The van der Waals surface area contributed by atoms with Gasteiger partial charge in [0.2, 0.25) is 0 Å². The van der Waals surface area contributed by atoms with E-state index in [1.54, 1.807) is 18.2 Å². The molecule has 0 aliphatic rings. The van der Waals surface area contributed by atoms with Gasteiger partial charge in [-0.1, -0.05) is 13.0 Å². The molecule has 0 aliphatic carbocycles. The second-order valence-corrected chi connectivity index (χ2v) is 4.24. The van der Waals surface area contributed by atoms with Crippen molar-refractivity contribution < 1.29 is 9.53 Å². The first kappa shape index (κ1) is 13.1. The lowest BCUT2D eigenvalue weighted by Gasteiger charge is -2.06. The van der Waals surface area contributed by atoms with Crippen molar-refractivity contribution in [3.05, 3.63) is 47.7 Å². The number of rotatable bonds is 3. The van der Waals surface area contributed by atoms with Crippen LogP contribution in [0, 0.1) is 0 Å². The fourth-order valence-electron chi connectivity index (χ4n) is 1.84. The molecule has 0 amide bonds. The van der Waals surface area contributed by atoms with Gasteiger partial charge in [-0.3, -0.25) is 4.98 Å². The summed E-state index contributed by atoms with van der Waals surface area (Å²) in [5.74, 6) is -0.404. The predicted molar refractivity (Wildman–Crippen MR) is 74.8 cm³/mol. The Kier molecular flexibility index (Phi) is 3.80. The Morgan fingerprint density at radius 3 is 2.68 bits per heavy atom. The fraction of sp³-hybridized carbons (Fsp3) is 0.200. The number of pyridine rings is 1. The van der Waals surface area contributed by atoms with Crippen molar-refractivity contribution in [2.45, 2.75) is 13.3 Å². The largest absolute Gasteiger partial charge is 0.465 e. The summed E-state index contributed by atoms with van der Waals surface area (Å²) in [6.07, 6.45) is 2.77. The number of anilines is 1. The van der Waals surface area contributed by atoms with Crippen molar-refractivity contribution in [3.8, 4) is 11.3 Å². The molecule has 0 saturated heterocycles. The third-order valence-electron chi connectivity index (χ3n) is 2.91. The highest BCUT2D eigenvalue weighted by molar-refractivity contribution is 5.92. The number of aryl methyl sites for hydroxylation is 1. The van der Waals surface area contributed by atoms with Gasteiger partial charge >= 0.3 is 5.97 Å². The molecule has 2 aromatic rings. The Morgan fingerprint density at radius 2 is 2.11 bits per heavy atom. The minimum absolute atomic E-state index is 0.404. The number of aromatic nitrogens is 1. The van der Waals surface area contributed by atoms with Crippen molar-refractivity contribution in [2.24, 2.45) is 0 Å². The van der Waals surface area contributed by atoms with Gasteiger partial charge in [0, 0.05) is 17.4 Å². The van der Waals surface area contributed by atoms with Crippen LogP contribution in [0.2, 0.25) is 0 Å².